The molecule has 19 heavy (non-hydrogen) atoms. The number of nitrogens with two attached hydrogens (primary N) is 1. The van der Waals surface area contributed by atoms with E-state index < -0.39 is 4.92 Å². The van der Waals surface area contributed by atoms with Crippen molar-refractivity contribution in [2.75, 3.05) is 24.3 Å². The van der Waals surface area contributed by atoms with E-state index in [0.717, 1.165) is 26.1 Å². The van der Waals surface area contributed by atoms with Gasteiger partial charge in [0.05, 0.1) is 17.1 Å². The predicted octanol–water partition coefficient (Wildman–Crippen LogP) is 1.80. The summed E-state index contributed by atoms with van der Waals surface area (Å²) >= 11 is 0. The fourth-order valence-corrected chi connectivity index (χ4v) is 2.28. The number of pyridine rings is 1. The Bertz CT molecular complexity index is 460. The second-order valence-corrected chi connectivity index (χ2v) is 4.78. The Morgan fingerprint density at radius 2 is 2.21 bits per heavy atom. The molecule has 3 N–H and O–H groups in total. The summed E-state index contributed by atoms with van der Waals surface area (Å²) < 4.78 is 5.32. The van der Waals surface area contributed by atoms with Gasteiger partial charge in [0.2, 0.25) is 0 Å². The number of hydrogen-bond acceptors (Lipinski definition) is 6. The fourth-order valence-electron chi connectivity index (χ4n) is 2.28. The number of nitrogens with one attached hydrogen (secondary N) is 1. The second kappa shape index (κ2) is 5.83. The number of nitro groups is 1. The summed E-state index contributed by atoms with van der Waals surface area (Å²) in [5, 5.41) is 14.0. The first-order valence-corrected chi connectivity index (χ1v) is 6.32. The minimum atomic E-state index is -0.470. The molecular weight excluding hydrogens is 248 g/mol. The first-order valence-electron chi connectivity index (χ1n) is 6.32. The highest BCUT2D eigenvalue weighted by Crippen LogP contribution is 2.24. The van der Waals surface area contributed by atoms with Gasteiger partial charge in [0.15, 0.2) is 0 Å². The molecule has 1 aromatic rings. The van der Waals surface area contributed by atoms with Gasteiger partial charge in [0.1, 0.15) is 11.6 Å². The highest BCUT2D eigenvalue weighted by molar-refractivity contribution is 5.53. The fraction of sp³-hybridized carbons (Fsp3) is 0.583. The molecular formula is C12H18N4O3. The van der Waals surface area contributed by atoms with E-state index >= 15 is 0 Å². The van der Waals surface area contributed by atoms with Crippen molar-refractivity contribution in [3.05, 3.63) is 22.2 Å². The highest BCUT2D eigenvalue weighted by atomic mass is 16.6. The number of nitrogen functional groups attached to an aromatic ring is 1. The Labute approximate surface area is 111 Å². The normalized spacial score (nSPS) is 17.9. The van der Waals surface area contributed by atoms with E-state index in [0.29, 0.717) is 11.7 Å². The Kier molecular flexibility index (Phi) is 4.16. The van der Waals surface area contributed by atoms with Crippen LogP contribution in [0.1, 0.15) is 19.8 Å². The molecule has 0 saturated carbocycles. The topological polar surface area (TPSA) is 103 Å². The zero-order chi connectivity index (χ0) is 13.8. The molecule has 0 aromatic carbocycles. The number of nitrogens with zero attached hydrogens (tertiary/aromatic N) is 2. The van der Waals surface area contributed by atoms with Crippen LogP contribution in [-0.2, 0) is 4.74 Å². The Morgan fingerprint density at radius 1 is 1.53 bits per heavy atom. The zero-order valence-corrected chi connectivity index (χ0v) is 10.8. The molecule has 2 heterocycles. The molecule has 2 rings (SSSR count). The summed E-state index contributed by atoms with van der Waals surface area (Å²) in [5.41, 5.74) is 5.53. The maximum Gasteiger partial charge on any atom is 0.276 e. The van der Waals surface area contributed by atoms with Gasteiger partial charge in [-0.1, -0.05) is 0 Å². The number of aromatic nitrogens is 1. The third-order valence-corrected chi connectivity index (χ3v) is 3.39. The average molecular weight is 266 g/mol. The molecule has 1 unspecified atom stereocenters. The van der Waals surface area contributed by atoms with E-state index in [2.05, 4.69) is 10.3 Å². The third kappa shape index (κ3) is 3.54. The first-order chi connectivity index (χ1) is 9.06. The molecule has 1 aromatic heterocycles. The van der Waals surface area contributed by atoms with Crippen molar-refractivity contribution in [2.24, 2.45) is 5.92 Å². The van der Waals surface area contributed by atoms with Gasteiger partial charge >= 0.3 is 0 Å². The molecule has 0 amide bonds. The molecule has 7 heteroatoms. The van der Waals surface area contributed by atoms with E-state index in [1.54, 1.807) is 0 Å². The SMILES string of the molecule is CC(Nc1cc([N+](=O)[O-])cc(N)n1)C1CCOCC1. The van der Waals surface area contributed by atoms with E-state index in [-0.39, 0.29) is 17.5 Å². The van der Waals surface area contributed by atoms with Crippen molar-refractivity contribution in [3.8, 4) is 0 Å². The molecule has 1 aliphatic rings. The highest BCUT2D eigenvalue weighted by Gasteiger charge is 2.21. The molecule has 7 nitrogen and oxygen atoms in total. The van der Waals surface area contributed by atoms with Gasteiger partial charge in [-0.3, -0.25) is 10.1 Å². The van der Waals surface area contributed by atoms with Crippen molar-refractivity contribution in [1.82, 2.24) is 4.98 Å². The maximum atomic E-state index is 10.8. The van der Waals surface area contributed by atoms with Crippen molar-refractivity contribution < 1.29 is 9.66 Å². The van der Waals surface area contributed by atoms with Gasteiger partial charge in [0, 0.05) is 19.3 Å². The second-order valence-electron chi connectivity index (χ2n) is 4.78. The van der Waals surface area contributed by atoms with Gasteiger partial charge in [-0.25, -0.2) is 4.98 Å². The van der Waals surface area contributed by atoms with Crippen molar-refractivity contribution in [3.63, 3.8) is 0 Å². The lowest BCUT2D eigenvalue weighted by Gasteiger charge is -2.28. The number of ether oxygens (including phenoxy) is 1. The van der Waals surface area contributed by atoms with Gasteiger partial charge < -0.3 is 15.8 Å². The van der Waals surface area contributed by atoms with Crippen LogP contribution in [0, 0.1) is 16.0 Å². The van der Waals surface area contributed by atoms with Crippen LogP contribution in [0.3, 0.4) is 0 Å². The molecule has 0 bridgehead atoms. The largest absolute Gasteiger partial charge is 0.383 e. The minimum Gasteiger partial charge on any atom is -0.383 e. The summed E-state index contributed by atoms with van der Waals surface area (Å²) in [7, 11) is 0. The lowest BCUT2D eigenvalue weighted by Crippen LogP contribution is -2.31. The van der Waals surface area contributed by atoms with Crippen LogP contribution in [0.15, 0.2) is 12.1 Å². The monoisotopic (exact) mass is 266 g/mol. The lowest BCUT2D eigenvalue weighted by atomic mass is 9.93. The minimum absolute atomic E-state index is 0.0471. The van der Waals surface area contributed by atoms with Crippen molar-refractivity contribution >= 4 is 17.3 Å². The molecule has 0 aliphatic carbocycles. The average Bonchev–Trinajstić information content (AvgIpc) is 2.39. The van der Waals surface area contributed by atoms with E-state index in [1.165, 1.54) is 12.1 Å². The van der Waals surface area contributed by atoms with Gasteiger partial charge in [-0.05, 0) is 25.7 Å². The zero-order valence-electron chi connectivity index (χ0n) is 10.8. The lowest BCUT2D eigenvalue weighted by molar-refractivity contribution is -0.384. The standard InChI is InChI=1S/C12H18N4O3/c1-8(9-2-4-19-5-3-9)14-12-7-10(16(17)18)6-11(13)15-12/h6-9H,2-5H2,1H3,(H3,13,14,15). The van der Waals surface area contributed by atoms with Crippen molar-refractivity contribution in [2.45, 2.75) is 25.8 Å². The van der Waals surface area contributed by atoms with E-state index in [9.17, 15) is 10.1 Å². The molecule has 104 valence electrons. The number of anilines is 2. The molecule has 0 spiro atoms. The smallest absolute Gasteiger partial charge is 0.276 e. The predicted molar refractivity (Wildman–Crippen MR) is 71.9 cm³/mol. The van der Waals surface area contributed by atoms with Crippen molar-refractivity contribution in [1.29, 1.82) is 0 Å². The Morgan fingerprint density at radius 3 is 2.84 bits per heavy atom. The summed E-state index contributed by atoms with van der Waals surface area (Å²) in [4.78, 5) is 14.4. The third-order valence-electron chi connectivity index (χ3n) is 3.39. The van der Waals surface area contributed by atoms with Gasteiger partial charge in [0.25, 0.3) is 5.69 Å². The quantitative estimate of drug-likeness (QED) is 0.636. The van der Waals surface area contributed by atoms with E-state index in [1.807, 2.05) is 6.92 Å². The van der Waals surface area contributed by atoms with Crippen LogP contribution < -0.4 is 11.1 Å². The van der Waals surface area contributed by atoms with Gasteiger partial charge in [-0.15, -0.1) is 0 Å². The first kappa shape index (κ1) is 13.5. The number of hydrogen-bond donors (Lipinski definition) is 2. The Hall–Kier alpha value is -1.89. The summed E-state index contributed by atoms with van der Waals surface area (Å²) in [6.07, 6.45) is 1.97. The van der Waals surface area contributed by atoms with Crippen LogP contribution in [0.4, 0.5) is 17.3 Å². The molecule has 1 saturated heterocycles. The molecule has 1 aliphatic heterocycles. The Balaban J connectivity index is 2.07. The van der Waals surface area contributed by atoms with E-state index in [4.69, 9.17) is 10.5 Å². The van der Waals surface area contributed by atoms with Gasteiger partial charge in [-0.2, -0.15) is 0 Å². The van der Waals surface area contributed by atoms with Crippen LogP contribution in [0.25, 0.3) is 0 Å². The van der Waals surface area contributed by atoms with Crippen LogP contribution in [0.5, 0.6) is 0 Å². The maximum absolute atomic E-state index is 10.8. The summed E-state index contributed by atoms with van der Waals surface area (Å²) in [6, 6.07) is 2.84. The molecule has 1 fully saturated rings. The molecule has 1 atom stereocenters. The van der Waals surface area contributed by atoms with Crippen LogP contribution in [-0.4, -0.2) is 29.2 Å². The molecule has 0 radical (unpaired) electrons. The summed E-state index contributed by atoms with van der Waals surface area (Å²) in [6.45, 7) is 3.58. The van der Waals surface area contributed by atoms with Crippen LogP contribution in [0.2, 0.25) is 0 Å². The number of rotatable bonds is 4. The summed E-state index contributed by atoms with van der Waals surface area (Å²) in [5.74, 6) is 1.08. The van der Waals surface area contributed by atoms with Crippen LogP contribution >= 0.6 is 0 Å².